The average Bonchev–Trinajstić information content (AvgIpc) is 2.83. The van der Waals surface area contributed by atoms with Crippen LogP contribution in [0.5, 0.6) is 0 Å². The van der Waals surface area contributed by atoms with Gasteiger partial charge >= 0.3 is 6.09 Å². The van der Waals surface area contributed by atoms with E-state index in [1.807, 2.05) is 24.3 Å². The van der Waals surface area contributed by atoms with Crippen molar-refractivity contribution < 1.29 is 14.7 Å². The van der Waals surface area contributed by atoms with Crippen molar-refractivity contribution in [2.75, 3.05) is 19.7 Å². The molecule has 134 valence electrons. The predicted octanol–water partition coefficient (Wildman–Crippen LogP) is 4.25. The van der Waals surface area contributed by atoms with E-state index in [0.29, 0.717) is 26.1 Å². The minimum Gasteiger partial charge on any atom is -0.448 e. The van der Waals surface area contributed by atoms with Crippen LogP contribution in [-0.4, -0.2) is 41.6 Å². The van der Waals surface area contributed by atoms with E-state index in [9.17, 15) is 4.79 Å². The van der Waals surface area contributed by atoms with E-state index < -0.39 is 0 Å². The molecule has 26 heavy (non-hydrogen) atoms. The number of amides is 1. The molecule has 1 heterocycles. The fourth-order valence-corrected chi connectivity index (χ4v) is 3.94. The molecule has 2 aliphatic rings. The molecule has 0 radical (unpaired) electrons. The van der Waals surface area contributed by atoms with E-state index in [0.717, 1.165) is 18.6 Å². The van der Waals surface area contributed by atoms with Crippen LogP contribution < -0.4 is 0 Å². The van der Waals surface area contributed by atoms with Crippen LogP contribution in [0.15, 0.2) is 53.7 Å². The summed E-state index contributed by atoms with van der Waals surface area (Å²) < 4.78 is 5.69. The molecule has 0 atom stereocenters. The number of fused-ring (bicyclic) bond motifs is 3. The fraction of sp³-hybridized carbons (Fsp3) is 0.333. The van der Waals surface area contributed by atoms with Gasteiger partial charge in [0, 0.05) is 25.4 Å². The number of rotatable bonds is 2. The molecule has 4 rings (SSSR count). The summed E-state index contributed by atoms with van der Waals surface area (Å²) >= 11 is 0. The number of ether oxygens (including phenoxy) is 1. The van der Waals surface area contributed by atoms with Crippen LogP contribution in [0.1, 0.15) is 36.3 Å². The molecule has 1 amide bonds. The van der Waals surface area contributed by atoms with Crippen LogP contribution in [-0.2, 0) is 4.74 Å². The first kappa shape index (κ1) is 16.6. The standard InChI is InChI=1S/C21H22N2O3/c24-21(23-12-5-6-15(22-25)11-13-23)26-14-20-18-9-3-1-7-16(18)17-8-2-4-10-19(17)20/h1-4,7-10,20,25H,5-6,11-14H2. The summed E-state index contributed by atoms with van der Waals surface area (Å²) in [6.07, 6.45) is 1.83. The van der Waals surface area contributed by atoms with Crippen LogP contribution in [0.25, 0.3) is 11.1 Å². The Kier molecular flexibility index (Phi) is 4.61. The Hall–Kier alpha value is -2.82. The Balaban J connectivity index is 1.47. The molecule has 2 aromatic carbocycles. The number of likely N-dealkylation sites (tertiary alicyclic amines) is 1. The molecule has 0 spiro atoms. The number of hydrogen-bond donors (Lipinski definition) is 1. The zero-order valence-electron chi connectivity index (χ0n) is 14.6. The normalized spacial score (nSPS) is 18.3. The van der Waals surface area contributed by atoms with Gasteiger partial charge in [0.1, 0.15) is 6.61 Å². The third kappa shape index (κ3) is 3.05. The van der Waals surface area contributed by atoms with Gasteiger partial charge in [0.2, 0.25) is 0 Å². The van der Waals surface area contributed by atoms with Crippen LogP contribution in [0.4, 0.5) is 4.79 Å². The van der Waals surface area contributed by atoms with Crippen molar-refractivity contribution in [3.8, 4) is 11.1 Å². The van der Waals surface area contributed by atoms with Crippen molar-refractivity contribution in [2.45, 2.75) is 25.2 Å². The van der Waals surface area contributed by atoms with Gasteiger partial charge in [-0.2, -0.15) is 0 Å². The lowest BCUT2D eigenvalue weighted by molar-refractivity contribution is 0.101. The van der Waals surface area contributed by atoms with Gasteiger partial charge in [0.15, 0.2) is 0 Å². The molecule has 0 saturated carbocycles. The fourth-order valence-electron chi connectivity index (χ4n) is 3.94. The minimum atomic E-state index is -0.286. The first-order valence-electron chi connectivity index (χ1n) is 9.07. The summed E-state index contributed by atoms with van der Waals surface area (Å²) in [6, 6.07) is 16.6. The number of oxime groups is 1. The number of carbonyl (C=O) groups is 1. The molecule has 0 bridgehead atoms. The molecule has 1 fully saturated rings. The average molecular weight is 350 g/mol. The summed E-state index contributed by atoms with van der Waals surface area (Å²) in [5.74, 6) is 0.0768. The molecule has 1 aliphatic heterocycles. The Morgan fingerprint density at radius 2 is 1.69 bits per heavy atom. The topological polar surface area (TPSA) is 62.1 Å². The SMILES string of the molecule is O=C(OCC1c2ccccc2-c2ccccc21)N1CCCC(=NO)CC1. The van der Waals surface area contributed by atoms with Crippen molar-refractivity contribution in [1.29, 1.82) is 0 Å². The van der Waals surface area contributed by atoms with Crippen molar-refractivity contribution in [3.05, 3.63) is 59.7 Å². The lowest BCUT2D eigenvalue weighted by Crippen LogP contribution is -2.33. The van der Waals surface area contributed by atoms with E-state index in [1.165, 1.54) is 22.3 Å². The van der Waals surface area contributed by atoms with Gasteiger partial charge in [-0.25, -0.2) is 4.79 Å². The van der Waals surface area contributed by atoms with Gasteiger partial charge in [0.05, 0.1) is 5.71 Å². The Labute approximate surface area is 152 Å². The summed E-state index contributed by atoms with van der Waals surface area (Å²) in [5, 5.41) is 12.2. The maximum Gasteiger partial charge on any atom is 0.409 e. The van der Waals surface area contributed by atoms with Crippen molar-refractivity contribution in [3.63, 3.8) is 0 Å². The first-order valence-corrected chi connectivity index (χ1v) is 9.07. The van der Waals surface area contributed by atoms with E-state index in [4.69, 9.17) is 9.94 Å². The number of benzene rings is 2. The van der Waals surface area contributed by atoms with Gasteiger partial charge in [0.25, 0.3) is 0 Å². The molecular formula is C21H22N2O3. The smallest absolute Gasteiger partial charge is 0.409 e. The third-order valence-corrected chi connectivity index (χ3v) is 5.30. The van der Waals surface area contributed by atoms with E-state index in [-0.39, 0.29) is 12.0 Å². The summed E-state index contributed by atoms with van der Waals surface area (Å²) in [7, 11) is 0. The molecule has 0 unspecified atom stereocenters. The maximum absolute atomic E-state index is 12.5. The Morgan fingerprint density at radius 1 is 1.04 bits per heavy atom. The lowest BCUT2D eigenvalue weighted by atomic mass is 9.98. The van der Waals surface area contributed by atoms with E-state index >= 15 is 0 Å². The van der Waals surface area contributed by atoms with Crippen LogP contribution in [0.3, 0.4) is 0 Å². The Bertz CT molecular complexity index is 801. The largest absolute Gasteiger partial charge is 0.448 e. The van der Waals surface area contributed by atoms with E-state index in [1.54, 1.807) is 4.90 Å². The highest BCUT2D eigenvalue weighted by molar-refractivity contribution is 5.85. The van der Waals surface area contributed by atoms with Crippen LogP contribution >= 0.6 is 0 Å². The van der Waals surface area contributed by atoms with Gasteiger partial charge in [-0.3, -0.25) is 0 Å². The molecule has 5 nitrogen and oxygen atoms in total. The molecule has 1 saturated heterocycles. The number of nitrogens with zero attached hydrogens (tertiary/aromatic N) is 2. The molecule has 0 aromatic heterocycles. The molecule has 5 heteroatoms. The summed E-state index contributed by atoms with van der Waals surface area (Å²) in [6.45, 7) is 1.51. The molecular weight excluding hydrogens is 328 g/mol. The number of carbonyl (C=O) groups excluding carboxylic acids is 1. The van der Waals surface area contributed by atoms with Crippen molar-refractivity contribution >= 4 is 11.8 Å². The quantitative estimate of drug-likeness (QED) is 0.650. The first-order chi connectivity index (χ1) is 12.8. The van der Waals surface area contributed by atoms with Gasteiger partial charge in [-0.15, -0.1) is 0 Å². The third-order valence-electron chi connectivity index (χ3n) is 5.30. The Morgan fingerprint density at radius 3 is 2.35 bits per heavy atom. The zero-order chi connectivity index (χ0) is 17.9. The summed E-state index contributed by atoms with van der Waals surface area (Å²) in [4.78, 5) is 14.2. The molecule has 1 aliphatic carbocycles. The van der Waals surface area contributed by atoms with Gasteiger partial charge in [-0.1, -0.05) is 53.7 Å². The second-order valence-corrected chi connectivity index (χ2v) is 6.81. The second-order valence-electron chi connectivity index (χ2n) is 6.81. The molecule has 1 N–H and O–H groups in total. The highest BCUT2D eigenvalue weighted by atomic mass is 16.6. The predicted molar refractivity (Wildman–Crippen MR) is 99.7 cm³/mol. The zero-order valence-corrected chi connectivity index (χ0v) is 14.6. The highest BCUT2D eigenvalue weighted by Gasteiger charge is 2.29. The lowest BCUT2D eigenvalue weighted by Gasteiger charge is -2.21. The highest BCUT2D eigenvalue weighted by Crippen LogP contribution is 2.44. The van der Waals surface area contributed by atoms with Gasteiger partial charge < -0.3 is 14.8 Å². The summed E-state index contributed by atoms with van der Waals surface area (Å²) in [5.41, 5.74) is 5.63. The minimum absolute atomic E-state index is 0.0768. The van der Waals surface area contributed by atoms with Gasteiger partial charge in [-0.05, 0) is 35.1 Å². The van der Waals surface area contributed by atoms with Crippen molar-refractivity contribution in [2.24, 2.45) is 5.16 Å². The van der Waals surface area contributed by atoms with Crippen LogP contribution in [0, 0.1) is 0 Å². The second kappa shape index (κ2) is 7.20. The number of hydrogen-bond acceptors (Lipinski definition) is 4. The maximum atomic E-state index is 12.5. The van der Waals surface area contributed by atoms with Crippen molar-refractivity contribution in [1.82, 2.24) is 4.90 Å². The van der Waals surface area contributed by atoms with E-state index in [2.05, 4.69) is 29.4 Å². The monoisotopic (exact) mass is 350 g/mol. The molecule has 2 aromatic rings. The van der Waals surface area contributed by atoms with Crippen LogP contribution in [0.2, 0.25) is 0 Å².